The topological polar surface area (TPSA) is 85.4 Å². The molecule has 0 saturated heterocycles. The Bertz CT molecular complexity index is 969. The lowest BCUT2D eigenvalue weighted by molar-refractivity contribution is -0.139. The first-order chi connectivity index (χ1) is 11.5. The normalized spacial score (nSPS) is 15.8. The van der Waals surface area contributed by atoms with Crippen LogP contribution in [-0.4, -0.2) is 27.2 Å². The van der Waals surface area contributed by atoms with Crippen LogP contribution >= 0.6 is 11.6 Å². The number of fused-ring (bicyclic) bond motifs is 5. The molecular weight excluding hydrogens is 350 g/mol. The first-order valence-electron chi connectivity index (χ1n) is 7.20. The lowest BCUT2D eigenvalue weighted by Gasteiger charge is -2.20. The van der Waals surface area contributed by atoms with Crippen molar-refractivity contribution in [2.24, 2.45) is 0 Å². The maximum absolute atomic E-state index is 12.7. The quantitative estimate of drug-likeness (QED) is 0.698. The van der Waals surface area contributed by atoms with Crippen molar-refractivity contribution in [3.63, 3.8) is 0 Å². The Morgan fingerprint density at radius 3 is 2.96 bits per heavy atom. The molecule has 3 aromatic rings. The lowest BCUT2D eigenvalue weighted by Crippen LogP contribution is -2.14. The first-order valence-corrected chi connectivity index (χ1v) is 8.90. The molecule has 0 fully saturated rings. The van der Waals surface area contributed by atoms with Crippen LogP contribution in [0.4, 0.5) is 0 Å². The van der Waals surface area contributed by atoms with Crippen LogP contribution in [-0.2, 0) is 21.7 Å². The van der Waals surface area contributed by atoms with Crippen LogP contribution in [0.15, 0.2) is 41.3 Å². The van der Waals surface area contributed by atoms with Crippen molar-refractivity contribution >= 4 is 39.6 Å². The lowest BCUT2D eigenvalue weighted by atomic mass is 10.1. The van der Waals surface area contributed by atoms with E-state index in [1.807, 2.05) is 18.2 Å². The van der Waals surface area contributed by atoms with E-state index in [1.165, 1.54) is 0 Å². The van der Waals surface area contributed by atoms with Crippen LogP contribution in [0, 0.1) is 0 Å². The fourth-order valence-corrected chi connectivity index (χ4v) is 4.49. The average molecular weight is 362 g/mol. The molecule has 2 N–H and O–H groups in total. The zero-order valence-corrected chi connectivity index (χ0v) is 13.9. The number of benzene rings is 2. The molecule has 0 aliphatic carbocycles. The van der Waals surface area contributed by atoms with Gasteiger partial charge < -0.3 is 19.4 Å². The molecule has 122 valence electrons. The molecule has 24 heavy (non-hydrogen) atoms. The highest BCUT2D eigenvalue weighted by molar-refractivity contribution is 7.91. The van der Waals surface area contributed by atoms with Crippen LogP contribution in [0.3, 0.4) is 0 Å². The van der Waals surface area contributed by atoms with Crippen LogP contribution in [0.5, 0.6) is 5.75 Å². The number of rotatable bonds is 3. The minimum absolute atomic E-state index is 0.380. The average Bonchev–Trinajstić information content (AvgIpc) is 2.91. The van der Waals surface area contributed by atoms with Gasteiger partial charge in [-0.3, -0.25) is 0 Å². The van der Waals surface area contributed by atoms with E-state index < -0.39 is 23.8 Å². The SMILES string of the molecule is O=C(O)COc1ccc2c(c1)[S+]([O-])Cc1c-2[nH]c2ccc(Cl)cc12. The van der Waals surface area contributed by atoms with E-state index in [0.717, 1.165) is 27.7 Å². The Kier molecular flexibility index (Phi) is 3.68. The molecule has 5 nitrogen and oxygen atoms in total. The fraction of sp³-hybridized carbons (Fsp3) is 0.118. The number of aromatic amines is 1. The maximum Gasteiger partial charge on any atom is 0.341 e. The minimum Gasteiger partial charge on any atom is -0.611 e. The van der Waals surface area contributed by atoms with Crippen molar-refractivity contribution in [2.75, 3.05) is 6.61 Å². The highest BCUT2D eigenvalue weighted by atomic mass is 35.5. The Morgan fingerprint density at radius 2 is 2.17 bits per heavy atom. The molecule has 0 radical (unpaired) electrons. The zero-order chi connectivity index (χ0) is 16.8. The van der Waals surface area contributed by atoms with Gasteiger partial charge in [0.15, 0.2) is 11.5 Å². The summed E-state index contributed by atoms with van der Waals surface area (Å²) in [4.78, 5) is 14.6. The van der Waals surface area contributed by atoms with Gasteiger partial charge in [-0.1, -0.05) is 11.6 Å². The molecule has 0 saturated carbocycles. The summed E-state index contributed by atoms with van der Waals surface area (Å²) >= 11 is 4.85. The molecule has 2 aromatic carbocycles. The van der Waals surface area contributed by atoms with Gasteiger partial charge in [-0.15, -0.1) is 0 Å². The highest BCUT2D eigenvalue weighted by Gasteiger charge is 2.30. The molecule has 0 bridgehead atoms. The molecule has 1 unspecified atom stereocenters. The number of H-pyrrole nitrogens is 1. The van der Waals surface area contributed by atoms with E-state index in [2.05, 4.69) is 4.98 Å². The van der Waals surface area contributed by atoms with Crippen LogP contribution in [0.25, 0.3) is 22.2 Å². The largest absolute Gasteiger partial charge is 0.611 e. The Hall–Kier alpha value is -2.15. The number of nitrogens with one attached hydrogen (secondary N) is 1. The van der Waals surface area contributed by atoms with Gasteiger partial charge >= 0.3 is 5.97 Å². The second kappa shape index (κ2) is 5.73. The fourth-order valence-electron chi connectivity index (χ4n) is 2.94. The molecule has 1 aliphatic heterocycles. The van der Waals surface area contributed by atoms with Gasteiger partial charge in [-0.2, -0.15) is 0 Å². The molecule has 1 atom stereocenters. The highest BCUT2D eigenvalue weighted by Crippen LogP contribution is 2.42. The van der Waals surface area contributed by atoms with E-state index in [4.69, 9.17) is 21.4 Å². The van der Waals surface area contributed by atoms with Gasteiger partial charge in [0.25, 0.3) is 0 Å². The smallest absolute Gasteiger partial charge is 0.341 e. The Morgan fingerprint density at radius 1 is 1.33 bits per heavy atom. The van der Waals surface area contributed by atoms with E-state index in [0.29, 0.717) is 21.4 Å². The van der Waals surface area contributed by atoms with E-state index >= 15 is 0 Å². The summed E-state index contributed by atoms with van der Waals surface area (Å²) in [5.74, 6) is -0.277. The molecule has 1 aromatic heterocycles. The van der Waals surface area contributed by atoms with Crippen molar-refractivity contribution in [1.82, 2.24) is 4.98 Å². The second-order valence-corrected chi connectivity index (χ2v) is 7.35. The summed E-state index contributed by atoms with van der Waals surface area (Å²) in [5, 5.41) is 10.3. The molecule has 4 rings (SSSR count). The standard InChI is InChI=1S/C17H12ClNO4S/c18-9-1-4-14-12(5-9)13-8-24(22)15-6-10(23-7-16(20)21)2-3-11(15)17(13)19-14/h1-6,19H,7-8H2,(H,20,21). The number of carboxylic acids is 1. The van der Waals surface area contributed by atoms with Crippen LogP contribution in [0.1, 0.15) is 5.56 Å². The number of ether oxygens (including phenoxy) is 1. The van der Waals surface area contributed by atoms with E-state index in [9.17, 15) is 9.35 Å². The summed E-state index contributed by atoms with van der Waals surface area (Å²) in [6.07, 6.45) is 0. The minimum atomic E-state index is -1.23. The van der Waals surface area contributed by atoms with E-state index in [-0.39, 0.29) is 0 Å². The Balaban J connectivity index is 1.82. The first kappa shape index (κ1) is 15.4. The van der Waals surface area contributed by atoms with Crippen molar-refractivity contribution in [2.45, 2.75) is 10.6 Å². The third kappa shape index (κ3) is 2.53. The third-order valence-electron chi connectivity index (χ3n) is 3.97. The van der Waals surface area contributed by atoms with Gasteiger partial charge in [0.05, 0.1) is 11.3 Å². The van der Waals surface area contributed by atoms with E-state index in [1.54, 1.807) is 18.2 Å². The number of aliphatic carboxylic acids is 1. The number of aromatic nitrogens is 1. The molecule has 0 amide bonds. The van der Waals surface area contributed by atoms with Crippen molar-refractivity contribution in [3.05, 3.63) is 47.0 Å². The van der Waals surface area contributed by atoms with Crippen molar-refractivity contribution in [3.8, 4) is 17.0 Å². The van der Waals surface area contributed by atoms with Gasteiger partial charge in [-0.05, 0) is 41.5 Å². The summed E-state index contributed by atoms with van der Waals surface area (Å²) in [6, 6.07) is 10.7. The summed E-state index contributed by atoms with van der Waals surface area (Å²) in [5.41, 5.74) is 3.69. The number of carboxylic acid groups (broad SMARTS) is 1. The molecule has 7 heteroatoms. The summed E-state index contributed by atoms with van der Waals surface area (Å²) < 4.78 is 17.8. The number of halogens is 1. The molecular formula is C17H12ClNO4S. The zero-order valence-electron chi connectivity index (χ0n) is 12.3. The van der Waals surface area contributed by atoms with Gasteiger partial charge in [-0.25, -0.2) is 4.79 Å². The van der Waals surface area contributed by atoms with Crippen molar-refractivity contribution in [1.29, 1.82) is 0 Å². The number of hydrogen-bond acceptors (Lipinski definition) is 3. The van der Waals surface area contributed by atoms with Crippen molar-refractivity contribution < 1.29 is 19.2 Å². The van der Waals surface area contributed by atoms with Gasteiger partial charge in [0.2, 0.25) is 0 Å². The molecule has 0 spiro atoms. The van der Waals surface area contributed by atoms with Gasteiger partial charge in [0, 0.05) is 27.6 Å². The van der Waals surface area contributed by atoms with Crippen LogP contribution in [0.2, 0.25) is 5.02 Å². The molecule has 2 heterocycles. The number of hydrogen-bond donors (Lipinski definition) is 2. The predicted molar refractivity (Wildman–Crippen MR) is 92.0 cm³/mol. The molecule has 1 aliphatic rings. The van der Waals surface area contributed by atoms with Crippen LogP contribution < -0.4 is 4.74 Å². The summed E-state index contributed by atoms with van der Waals surface area (Å²) in [6.45, 7) is -0.429. The maximum atomic E-state index is 12.7. The number of carbonyl (C=O) groups is 1. The Labute approximate surface area is 145 Å². The summed E-state index contributed by atoms with van der Waals surface area (Å²) in [7, 11) is 0. The second-order valence-electron chi connectivity index (χ2n) is 5.50. The predicted octanol–water partition coefficient (Wildman–Crippen LogP) is 3.57. The van der Waals surface area contributed by atoms with Gasteiger partial charge in [0.1, 0.15) is 11.5 Å². The third-order valence-corrected chi connectivity index (χ3v) is 5.59. The monoisotopic (exact) mass is 361 g/mol.